The molecule has 0 aliphatic carbocycles. The Morgan fingerprint density at radius 1 is 0.886 bits per heavy atom. The Morgan fingerprint density at radius 2 is 1.60 bits per heavy atom. The molecule has 11 heteroatoms. The highest BCUT2D eigenvalue weighted by Gasteiger charge is 2.21. The SMILES string of the molecule is N=C(N)N1CC=C(c2ccc(C(=O)Nc3ccc(N4CCN(C(=N)N)CC4)c(F)c3)cc2F)CC1. The van der Waals surface area contributed by atoms with Gasteiger partial charge in [-0.05, 0) is 42.3 Å². The first-order chi connectivity index (χ1) is 16.7. The number of carbonyl (C=O) groups is 1. The fourth-order valence-electron chi connectivity index (χ4n) is 4.28. The van der Waals surface area contributed by atoms with Crippen LogP contribution in [0.4, 0.5) is 20.2 Å². The van der Waals surface area contributed by atoms with Gasteiger partial charge >= 0.3 is 0 Å². The molecule has 1 amide bonds. The van der Waals surface area contributed by atoms with Gasteiger partial charge in [-0.15, -0.1) is 0 Å². The van der Waals surface area contributed by atoms with Crippen molar-refractivity contribution in [3.63, 3.8) is 0 Å². The number of amides is 1. The van der Waals surface area contributed by atoms with E-state index in [0.717, 1.165) is 5.57 Å². The van der Waals surface area contributed by atoms with Gasteiger partial charge in [-0.2, -0.15) is 0 Å². The fraction of sp³-hybridized carbons (Fsp3) is 0.292. The number of anilines is 2. The lowest BCUT2D eigenvalue weighted by atomic mass is 9.97. The van der Waals surface area contributed by atoms with E-state index in [-0.39, 0.29) is 23.2 Å². The zero-order valence-electron chi connectivity index (χ0n) is 19.2. The standard InChI is InChI=1S/C24H28F2N8O/c25-19-13-16(1-3-18(19)15-5-7-33(8-6-15)23(27)28)22(35)31-17-2-4-21(20(26)14-17)32-9-11-34(12-10-32)24(29)30/h1-5,13-14H,6-12H2,(H3,27,28)(H3,29,30)(H,31,35). The summed E-state index contributed by atoms with van der Waals surface area (Å²) >= 11 is 0. The van der Waals surface area contributed by atoms with E-state index in [9.17, 15) is 13.6 Å². The largest absolute Gasteiger partial charge is 0.370 e. The van der Waals surface area contributed by atoms with Crippen LogP contribution in [0, 0.1) is 22.5 Å². The van der Waals surface area contributed by atoms with Gasteiger partial charge in [-0.1, -0.05) is 12.1 Å². The number of benzene rings is 2. The number of nitrogens with one attached hydrogen (secondary N) is 3. The number of guanidine groups is 2. The van der Waals surface area contributed by atoms with Gasteiger partial charge in [0.05, 0.1) is 5.69 Å². The monoisotopic (exact) mass is 482 g/mol. The summed E-state index contributed by atoms with van der Waals surface area (Å²) in [6, 6.07) is 8.70. The molecular formula is C24H28F2N8O. The average molecular weight is 483 g/mol. The van der Waals surface area contributed by atoms with E-state index in [4.69, 9.17) is 22.3 Å². The molecule has 0 bridgehead atoms. The summed E-state index contributed by atoms with van der Waals surface area (Å²) < 4.78 is 29.6. The normalized spacial score (nSPS) is 16.1. The molecule has 184 valence electrons. The molecule has 35 heavy (non-hydrogen) atoms. The molecule has 7 N–H and O–H groups in total. The van der Waals surface area contributed by atoms with Gasteiger partial charge in [-0.3, -0.25) is 15.6 Å². The first-order valence-electron chi connectivity index (χ1n) is 11.3. The van der Waals surface area contributed by atoms with Gasteiger partial charge in [0, 0.05) is 56.1 Å². The molecule has 2 aliphatic heterocycles. The van der Waals surface area contributed by atoms with Crippen molar-refractivity contribution in [1.29, 1.82) is 10.8 Å². The number of piperazine rings is 1. The van der Waals surface area contributed by atoms with Crippen LogP contribution in [0.3, 0.4) is 0 Å². The number of rotatable bonds is 4. The summed E-state index contributed by atoms with van der Waals surface area (Å²) in [6.45, 7) is 3.06. The van der Waals surface area contributed by atoms with Crippen molar-refractivity contribution in [2.45, 2.75) is 6.42 Å². The van der Waals surface area contributed by atoms with Gasteiger partial charge in [0.1, 0.15) is 11.6 Å². The van der Waals surface area contributed by atoms with E-state index >= 15 is 0 Å². The summed E-state index contributed by atoms with van der Waals surface area (Å²) in [4.78, 5) is 17.9. The van der Waals surface area contributed by atoms with Crippen LogP contribution < -0.4 is 21.7 Å². The Morgan fingerprint density at radius 3 is 2.17 bits per heavy atom. The van der Waals surface area contributed by atoms with Crippen LogP contribution in [0.5, 0.6) is 0 Å². The Hall–Kier alpha value is -4.15. The van der Waals surface area contributed by atoms with Gasteiger partial charge in [-0.25, -0.2) is 8.78 Å². The predicted octanol–water partition coefficient (Wildman–Crippen LogP) is 2.22. The van der Waals surface area contributed by atoms with Crippen LogP contribution in [-0.4, -0.2) is 66.9 Å². The van der Waals surface area contributed by atoms with E-state index < -0.39 is 17.5 Å². The minimum absolute atomic E-state index is 0.00254. The van der Waals surface area contributed by atoms with Gasteiger partial charge in [0.2, 0.25) is 0 Å². The average Bonchev–Trinajstić information content (AvgIpc) is 2.84. The molecule has 2 heterocycles. The molecule has 1 fully saturated rings. The van der Waals surface area contributed by atoms with Crippen molar-refractivity contribution in [3.05, 3.63) is 65.2 Å². The molecular weight excluding hydrogens is 454 g/mol. The lowest BCUT2D eigenvalue weighted by Crippen LogP contribution is -2.51. The van der Waals surface area contributed by atoms with Crippen molar-refractivity contribution in [2.75, 3.05) is 49.5 Å². The third-order valence-corrected chi connectivity index (χ3v) is 6.29. The van der Waals surface area contributed by atoms with Crippen molar-refractivity contribution in [2.24, 2.45) is 11.5 Å². The molecule has 0 saturated carbocycles. The third kappa shape index (κ3) is 5.34. The zero-order chi connectivity index (χ0) is 25.1. The lowest BCUT2D eigenvalue weighted by molar-refractivity contribution is 0.102. The third-order valence-electron chi connectivity index (χ3n) is 6.29. The van der Waals surface area contributed by atoms with E-state index in [0.29, 0.717) is 56.9 Å². The smallest absolute Gasteiger partial charge is 0.255 e. The second kappa shape index (κ2) is 10.00. The highest BCUT2D eigenvalue weighted by molar-refractivity contribution is 6.04. The van der Waals surface area contributed by atoms with E-state index in [1.165, 1.54) is 18.2 Å². The van der Waals surface area contributed by atoms with Crippen molar-refractivity contribution < 1.29 is 13.6 Å². The number of hydrogen-bond acceptors (Lipinski definition) is 4. The van der Waals surface area contributed by atoms with Crippen molar-refractivity contribution in [3.8, 4) is 0 Å². The van der Waals surface area contributed by atoms with Crippen LogP contribution in [0.25, 0.3) is 5.57 Å². The second-order valence-electron chi connectivity index (χ2n) is 8.48. The number of nitrogens with two attached hydrogens (primary N) is 2. The molecule has 0 unspecified atom stereocenters. The zero-order valence-corrected chi connectivity index (χ0v) is 19.2. The molecule has 0 aromatic heterocycles. The molecule has 1 saturated heterocycles. The van der Waals surface area contributed by atoms with Crippen molar-refractivity contribution >= 4 is 34.8 Å². The quantitative estimate of drug-likeness (QED) is 0.335. The van der Waals surface area contributed by atoms with Crippen molar-refractivity contribution in [1.82, 2.24) is 9.80 Å². The minimum Gasteiger partial charge on any atom is -0.370 e. The Balaban J connectivity index is 1.41. The Labute approximate surface area is 202 Å². The molecule has 2 aliphatic rings. The molecule has 9 nitrogen and oxygen atoms in total. The molecule has 0 radical (unpaired) electrons. The van der Waals surface area contributed by atoms with Crippen LogP contribution in [-0.2, 0) is 0 Å². The van der Waals surface area contributed by atoms with Gasteiger partial charge in [0.25, 0.3) is 5.91 Å². The highest BCUT2D eigenvalue weighted by atomic mass is 19.1. The molecule has 2 aromatic rings. The van der Waals surface area contributed by atoms with Gasteiger partial charge < -0.3 is 31.5 Å². The Bertz CT molecular complexity index is 1190. The molecule has 2 aromatic carbocycles. The highest BCUT2D eigenvalue weighted by Crippen LogP contribution is 2.27. The van der Waals surface area contributed by atoms with Crippen LogP contribution in [0.1, 0.15) is 22.3 Å². The number of nitrogens with zero attached hydrogens (tertiary/aromatic N) is 3. The number of carbonyl (C=O) groups excluding carboxylic acids is 1. The Kier molecular flexibility index (Phi) is 6.85. The first-order valence-corrected chi connectivity index (χ1v) is 11.3. The fourth-order valence-corrected chi connectivity index (χ4v) is 4.28. The van der Waals surface area contributed by atoms with Gasteiger partial charge in [0.15, 0.2) is 11.9 Å². The summed E-state index contributed by atoms with van der Waals surface area (Å²) in [6.07, 6.45) is 2.37. The van der Waals surface area contributed by atoms with E-state index in [1.54, 1.807) is 28.0 Å². The topological polar surface area (TPSA) is 139 Å². The molecule has 0 spiro atoms. The summed E-state index contributed by atoms with van der Waals surface area (Å²) in [5, 5.41) is 17.6. The summed E-state index contributed by atoms with van der Waals surface area (Å²) in [5.74, 6) is -1.57. The number of hydrogen-bond donors (Lipinski definition) is 5. The summed E-state index contributed by atoms with van der Waals surface area (Å²) in [5.41, 5.74) is 13.0. The van der Waals surface area contributed by atoms with E-state index in [2.05, 4.69) is 5.32 Å². The molecule has 4 rings (SSSR count). The maximum absolute atomic E-state index is 14.8. The van der Waals surface area contributed by atoms with Crippen LogP contribution >= 0.6 is 0 Å². The number of halogens is 2. The van der Waals surface area contributed by atoms with Crippen LogP contribution in [0.2, 0.25) is 0 Å². The maximum Gasteiger partial charge on any atom is 0.255 e. The first kappa shape index (κ1) is 24.0. The maximum atomic E-state index is 14.8. The summed E-state index contributed by atoms with van der Waals surface area (Å²) in [7, 11) is 0. The van der Waals surface area contributed by atoms with E-state index in [1.807, 2.05) is 11.0 Å². The lowest BCUT2D eigenvalue weighted by Gasteiger charge is -2.36. The second-order valence-corrected chi connectivity index (χ2v) is 8.48. The van der Waals surface area contributed by atoms with Crippen LogP contribution in [0.15, 0.2) is 42.5 Å². The minimum atomic E-state index is -0.543. The molecule has 0 atom stereocenters. The predicted molar refractivity (Wildman–Crippen MR) is 133 cm³/mol.